The molecule has 0 amide bonds. The van der Waals surface area contributed by atoms with Gasteiger partial charge >= 0.3 is 0 Å². The van der Waals surface area contributed by atoms with E-state index in [4.69, 9.17) is 10.7 Å². The Morgan fingerprint density at radius 3 is 2.57 bits per heavy atom. The summed E-state index contributed by atoms with van der Waals surface area (Å²) < 4.78 is 2.35. The monoisotopic (exact) mass is 288 g/mol. The van der Waals surface area contributed by atoms with Crippen molar-refractivity contribution in [1.29, 1.82) is 0 Å². The van der Waals surface area contributed by atoms with Gasteiger partial charge in [-0.1, -0.05) is 19.9 Å². The topological polar surface area (TPSA) is 47.1 Å². The first-order valence-corrected chi connectivity index (χ1v) is 7.79. The first kappa shape index (κ1) is 16.0. The standard InChI is InChI=1S/C17H28N4/c1-12(2)16(20(4)5)17-19-14-11-13(3)7-8-15(14)21(17)10-6-9-18/h7-8,11-12,16H,6,9-10,18H2,1-5H3. The van der Waals surface area contributed by atoms with E-state index in [-0.39, 0.29) is 0 Å². The second-order valence-electron chi connectivity index (χ2n) is 6.41. The minimum atomic E-state index is 0.315. The molecule has 0 saturated heterocycles. The number of benzene rings is 1. The Morgan fingerprint density at radius 2 is 2.00 bits per heavy atom. The summed E-state index contributed by atoms with van der Waals surface area (Å²) in [5, 5.41) is 0. The van der Waals surface area contributed by atoms with Gasteiger partial charge in [0.05, 0.1) is 17.1 Å². The van der Waals surface area contributed by atoms with Crippen molar-refractivity contribution in [1.82, 2.24) is 14.5 Å². The number of hydrogen-bond acceptors (Lipinski definition) is 3. The van der Waals surface area contributed by atoms with Gasteiger partial charge in [-0.15, -0.1) is 0 Å². The second-order valence-corrected chi connectivity index (χ2v) is 6.41. The number of hydrogen-bond donors (Lipinski definition) is 1. The molecule has 0 spiro atoms. The number of aryl methyl sites for hydroxylation is 2. The van der Waals surface area contributed by atoms with Crippen molar-refractivity contribution in [3.8, 4) is 0 Å². The van der Waals surface area contributed by atoms with E-state index in [2.05, 4.69) is 62.5 Å². The molecular weight excluding hydrogens is 260 g/mol. The Morgan fingerprint density at radius 1 is 1.29 bits per heavy atom. The summed E-state index contributed by atoms with van der Waals surface area (Å²) in [6, 6.07) is 6.83. The number of fused-ring (bicyclic) bond motifs is 1. The van der Waals surface area contributed by atoms with Crippen molar-refractivity contribution in [3.63, 3.8) is 0 Å². The highest BCUT2D eigenvalue weighted by atomic mass is 15.2. The van der Waals surface area contributed by atoms with E-state index < -0.39 is 0 Å². The van der Waals surface area contributed by atoms with Crippen molar-refractivity contribution >= 4 is 11.0 Å². The summed E-state index contributed by atoms with van der Waals surface area (Å²) in [5.41, 5.74) is 9.28. The number of imidazole rings is 1. The smallest absolute Gasteiger partial charge is 0.127 e. The zero-order chi connectivity index (χ0) is 15.6. The van der Waals surface area contributed by atoms with Gasteiger partial charge in [0, 0.05) is 6.54 Å². The number of aromatic nitrogens is 2. The van der Waals surface area contributed by atoms with Gasteiger partial charge < -0.3 is 10.3 Å². The summed E-state index contributed by atoms with van der Waals surface area (Å²) in [5.74, 6) is 1.67. The fourth-order valence-electron chi connectivity index (χ4n) is 3.09. The molecule has 2 N–H and O–H groups in total. The second kappa shape index (κ2) is 6.58. The number of nitrogens with two attached hydrogens (primary N) is 1. The normalized spacial score (nSPS) is 13.5. The third-order valence-electron chi connectivity index (χ3n) is 3.97. The van der Waals surface area contributed by atoms with Crippen LogP contribution in [0, 0.1) is 12.8 Å². The molecule has 116 valence electrons. The van der Waals surface area contributed by atoms with Gasteiger partial charge in [0.2, 0.25) is 0 Å². The Hall–Kier alpha value is -1.39. The molecule has 21 heavy (non-hydrogen) atoms. The quantitative estimate of drug-likeness (QED) is 0.889. The molecule has 0 fully saturated rings. The van der Waals surface area contributed by atoms with Gasteiger partial charge in [-0.05, 0) is 57.6 Å². The minimum Gasteiger partial charge on any atom is -0.330 e. The molecule has 2 rings (SSSR count). The first-order valence-electron chi connectivity index (χ1n) is 7.79. The molecule has 0 radical (unpaired) electrons. The van der Waals surface area contributed by atoms with E-state index >= 15 is 0 Å². The van der Waals surface area contributed by atoms with Crippen molar-refractivity contribution in [2.75, 3.05) is 20.6 Å². The average Bonchev–Trinajstić information content (AvgIpc) is 2.72. The molecule has 1 aromatic carbocycles. The predicted molar refractivity (Wildman–Crippen MR) is 89.4 cm³/mol. The Bertz CT molecular complexity index is 590. The molecule has 0 aliphatic rings. The molecule has 0 saturated carbocycles. The van der Waals surface area contributed by atoms with Crippen molar-refractivity contribution in [3.05, 3.63) is 29.6 Å². The molecule has 1 heterocycles. The van der Waals surface area contributed by atoms with Gasteiger partial charge in [0.15, 0.2) is 0 Å². The molecule has 1 unspecified atom stereocenters. The molecular formula is C17H28N4. The zero-order valence-corrected chi connectivity index (χ0v) is 13.9. The number of nitrogens with zero attached hydrogens (tertiary/aromatic N) is 3. The molecule has 4 heteroatoms. The Labute approximate surface area is 128 Å². The maximum atomic E-state index is 5.71. The van der Waals surface area contributed by atoms with Crippen LogP contribution >= 0.6 is 0 Å². The third kappa shape index (κ3) is 3.27. The van der Waals surface area contributed by atoms with Crippen LogP contribution in [0.2, 0.25) is 0 Å². The molecule has 0 aliphatic heterocycles. The maximum Gasteiger partial charge on any atom is 0.127 e. The van der Waals surface area contributed by atoms with E-state index in [1.54, 1.807) is 0 Å². The van der Waals surface area contributed by atoms with Crippen LogP contribution in [-0.4, -0.2) is 35.1 Å². The molecule has 4 nitrogen and oxygen atoms in total. The zero-order valence-electron chi connectivity index (χ0n) is 13.9. The third-order valence-corrected chi connectivity index (χ3v) is 3.97. The molecule has 2 aromatic rings. The van der Waals surface area contributed by atoms with Crippen LogP contribution in [0.4, 0.5) is 0 Å². The van der Waals surface area contributed by atoms with Gasteiger partial charge in [0.25, 0.3) is 0 Å². The molecule has 0 bridgehead atoms. The van der Waals surface area contributed by atoms with Crippen LogP contribution in [0.25, 0.3) is 11.0 Å². The van der Waals surface area contributed by atoms with E-state index in [1.807, 2.05) is 0 Å². The van der Waals surface area contributed by atoms with E-state index in [9.17, 15) is 0 Å². The summed E-state index contributed by atoms with van der Waals surface area (Å²) in [6.07, 6.45) is 0.977. The molecule has 1 atom stereocenters. The van der Waals surface area contributed by atoms with Gasteiger partial charge in [-0.3, -0.25) is 4.90 Å². The highest BCUT2D eigenvalue weighted by molar-refractivity contribution is 5.77. The van der Waals surface area contributed by atoms with Crippen LogP contribution in [0.3, 0.4) is 0 Å². The van der Waals surface area contributed by atoms with E-state index in [0.717, 1.165) is 24.3 Å². The molecule has 1 aromatic heterocycles. The summed E-state index contributed by atoms with van der Waals surface area (Å²) >= 11 is 0. The van der Waals surface area contributed by atoms with Crippen molar-refractivity contribution in [2.45, 2.75) is 39.8 Å². The lowest BCUT2D eigenvalue weighted by Crippen LogP contribution is -2.28. The highest BCUT2D eigenvalue weighted by Gasteiger charge is 2.24. The SMILES string of the molecule is Cc1ccc2c(c1)nc(C(C(C)C)N(C)C)n2CCCN. The van der Waals surface area contributed by atoms with Crippen LogP contribution in [0.1, 0.15) is 37.7 Å². The van der Waals surface area contributed by atoms with Crippen molar-refractivity contribution in [2.24, 2.45) is 11.7 Å². The lowest BCUT2D eigenvalue weighted by molar-refractivity contribution is 0.219. The van der Waals surface area contributed by atoms with Crippen LogP contribution in [0.15, 0.2) is 18.2 Å². The van der Waals surface area contributed by atoms with Gasteiger partial charge in [-0.25, -0.2) is 4.98 Å². The minimum absolute atomic E-state index is 0.315. The maximum absolute atomic E-state index is 5.71. The van der Waals surface area contributed by atoms with E-state index in [0.29, 0.717) is 18.5 Å². The lowest BCUT2D eigenvalue weighted by atomic mass is 10.0. The average molecular weight is 288 g/mol. The Balaban J connectivity index is 2.59. The summed E-state index contributed by atoms with van der Waals surface area (Å²) in [4.78, 5) is 7.21. The fraction of sp³-hybridized carbons (Fsp3) is 0.588. The summed E-state index contributed by atoms with van der Waals surface area (Å²) in [7, 11) is 4.26. The lowest BCUT2D eigenvalue weighted by Gasteiger charge is -2.28. The first-order chi connectivity index (χ1) is 9.95. The Kier molecular flexibility index (Phi) is 5.01. The highest BCUT2D eigenvalue weighted by Crippen LogP contribution is 2.29. The van der Waals surface area contributed by atoms with Crippen LogP contribution in [-0.2, 0) is 6.54 Å². The van der Waals surface area contributed by atoms with Crippen LogP contribution < -0.4 is 5.73 Å². The van der Waals surface area contributed by atoms with E-state index in [1.165, 1.54) is 11.1 Å². The number of rotatable bonds is 6. The van der Waals surface area contributed by atoms with Gasteiger partial charge in [-0.2, -0.15) is 0 Å². The van der Waals surface area contributed by atoms with Crippen LogP contribution in [0.5, 0.6) is 0 Å². The van der Waals surface area contributed by atoms with Crippen molar-refractivity contribution < 1.29 is 0 Å². The van der Waals surface area contributed by atoms with Gasteiger partial charge in [0.1, 0.15) is 5.82 Å². The predicted octanol–water partition coefficient (Wildman–Crippen LogP) is 2.95. The largest absolute Gasteiger partial charge is 0.330 e. The summed E-state index contributed by atoms with van der Waals surface area (Å²) in [6.45, 7) is 8.26. The molecule has 0 aliphatic carbocycles. The fourth-order valence-corrected chi connectivity index (χ4v) is 3.09.